The Morgan fingerprint density at radius 3 is 2.42 bits per heavy atom. The third kappa shape index (κ3) is 6.14. The van der Waals surface area contributed by atoms with Gasteiger partial charge in [0.2, 0.25) is 5.91 Å². The SMILES string of the molecule is CC(=O)N1CCC2C(C1)C(N1CCCc3cc(-c4cnn(C)c4)c(C(F)F)cc31)=NN2C1CCN(CC2C(C)(C)CNCC2(C)C)CC1. The van der Waals surface area contributed by atoms with Crippen LogP contribution < -0.4 is 10.2 Å². The van der Waals surface area contributed by atoms with Gasteiger partial charge in [-0.25, -0.2) is 8.78 Å². The molecule has 1 aromatic carbocycles. The summed E-state index contributed by atoms with van der Waals surface area (Å²) in [5.74, 6) is 1.71. The van der Waals surface area contributed by atoms with Crippen LogP contribution in [0.1, 0.15) is 77.9 Å². The standard InChI is InChI=1S/C37H54F2N8O/c1-24(48)45-15-11-31-30(20-45)35(42-47(31)27-9-13-44(14-10-27)21-33-36(2,3)22-40-23-37(33,4)5)46-12-7-8-25-16-28(26-18-41-43(6)19-26)29(34(38)39)17-32(25)46/h16-19,27,30-31,33-34,40H,7-15,20-23H2,1-6H3. The number of amidine groups is 1. The molecule has 2 atom stereocenters. The number of alkyl halides is 2. The van der Waals surface area contributed by atoms with E-state index < -0.39 is 6.43 Å². The molecule has 2 unspecified atom stereocenters. The maximum Gasteiger partial charge on any atom is 0.264 e. The number of piperidine rings is 3. The van der Waals surface area contributed by atoms with Gasteiger partial charge in [-0.1, -0.05) is 27.7 Å². The lowest BCUT2D eigenvalue weighted by Gasteiger charge is -2.52. The first kappa shape index (κ1) is 33.4. The molecule has 0 spiro atoms. The summed E-state index contributed by atoms with van der Waals surface area (Å²) < 4.78 is 30.9. The van der Waals surface area contributed by atoms with Crippen LogP contribution in [0.25, 0.3) is 11.1 Å². The normalized spacial score (nSPS) is 26.5. The number of hydrazone groups is 1. The Hall–Kier alpha value is -3.05. The van der Waals surface area contributed by atoms with Crippen molar-refractivity contribution in [2.75, 3.05) is 57.3 Å². The summed E-state index contributed by atoms with van der Waals surface area (Å²) in [7, 11) is 1.81. The predicted molar refractivity (Wildman–Crippen MR) is 186 cm³/mol. The number of nitrogens with zero attached hydrogens (tertiary/aromatic N) is 7. The van der Waals surface area contributed by atoms with Crippen molar-refractivity contribution in [1.82, 2.24) is 29.9 Å². The van der Waals surface area contributed by atoms with Gasteiger partial charge in [-0.05, 0) is 72.1 Å². The van der Waals surface area contributed by atoms with Crippen LogP contribution in [0, 0.1) is 22.7 Å². The van der Waals surface area contributed by atoms with Gasteiger partial charge in [-0.3, -0.25) is 14.5 Å². The molecular weight excluding hydrogens is 610 g/mol. The first-order chi connectivity index (χ1) is 22.8. The van der Waals surface area contributed by atoms with Gasteiger partial charge in [0.25, 0.3) is 6.43 Å². The smallest absolute Gasteiger partial charge is 0.264 e. The average Bonchev–Trinajstić information content (AvgIpc) is 3.65. The van der Waals surface area contributed by atoms with E-state index in [1.807, 2.05) is 11.0 Å². The highest BCUT2D eigenvalue weighted by Crippen LogP contribution is 2.45. The van der Waals surface area contributed by atoms with Crippen molar-refractivity contribution in [2.45, 2.75) is 85.2 Å². The van der Waals surface area contributed by atoms with Gasteiger partial charge in [-0.15, -0.1) is 0 Å². The van der Waals surface area contributed by atoms with E-state index in [9.17, 15) is 13.6 Å². The molecule has 1 aromatic heterocycles. The van der Waals surface area contributed by atoms with E-state index in [2.05, 4.69) is 52.9 Å². The number of aromatic nitrogens is 2. The number of anilines is 1. The molecule has 48 heavy (non-hydrogen) atoms. The molecule has 262 valence electrons. The minimum atomic E-state index is -2.61. The summed E-state index contributed by atoms with van der Waals surface area (Å²) in [5.41, 5.74) is 3.69. The molecule has 7 rings (SSSR count). The zero-order valence-corrected chi connectivity index (χ0v) is 29.7. The Morgan fingerprint density at radius 2 is 1.77 bits per heavy atom. The van der Waals surface area contributed by atoms with Crippen molar-refractivity contribution < 1.29 is 13.6 Å². The highest BCUT2D eigenvalue weighted by Gasteiger charge is 2.48. The van der Waals surface area contributed by atoms with E-state index in [0.717, 1.165) is 95.0 Å². The molecule has 5 aliphatic heterocycles. The zero-order valence-electron chi connectivity index (χ0n) is 29.7. The van der Waals surface area contributed by atoms with E-state index >= 15 is 0 Å². The monoisotopic (exact) mass is 664 g/mol. The predicted octanol–water partition coefficient (Wildman–Crippen LogP) is 5.38. The maximum absolute atomic E-state index is 14.6. The quantitative estimate of drug-likeness (QED) is 0.463. The van der Waals surface area contributed by atoms with Crippen LogP contribution in [0.4, 0.5) is 14.5 Å². The third-order valence-electron chi connectivity index (χ3n) is 12.2. The van der Waals surface area contributed by atoms with Crippen molar-refractivity contribution in [3.63, 3.8) is 0 Å². The average molecular weight is 665 g/mol. The number of nitrogens with one attached hydrogen (secondary N) is 1. The van der Waals surface area contributed by atoms with E-state index in [1.165, 1.54) is 0 Å². The summed E-state index contributed by atoms with van der Waals surface area (Å²) in [6, 6.07) is 4.20. The second kappa shape index (κ2) is 12.7. The summed E-state index contributed by atoms with van der Waals surface area (Å²) >= 11 is 0. The Morgan fingerprint density at radius 1 is 1.04 bits per heavy atom. The van der Waals surface area contributed by atoms with Crippen LogP contribution in [-0.4, -0.2) is 101 Å². The number of aryl methyl sites for hydroxylation is 2. The van der Waals surface area contributed by atoms with Gasteiger partial charge in [-0.2, -0.15) is 10.2 Å². The molecule has 1 amide bonds. The van der Waals surface area contributed by atoms with E-state index in [4.69, 9.17) is 5.10 Å². The van der Waals surface area contributed by atoms with Crippen LogP contribution in [-0.2, 0) is 18.3 Å². The summed E-state index contributed by atoms with van der Waals surface area (Å²) in [6.07, 6.45) is 5.59. The van der Waals surface area contributed by atoms with Gasteiger partial charge < -0.3 is 20.0 Å². The van der Waals surface area contributed by atoms with Crippen LogP contribution >= 0.6 is 0 Å². The number of amides is 1. The van der Waals surface area contributed by atoms with Crippen molar-refractivity contribution in [1.29, 1.82) is 0 Å². The molecule has 9 nitrogen and oxygen atoms in total. The number of hydrogen-bond donors (Lipinski definition) is 1. The molecule has 0 saturated carbocycles. The molecule has 5 aliphatic rings. The lowest BCUT2D eigenvalue weighted by molar-refractivity contribution is -0.131. The molecule has 0 bridgehead atoms. The van der Waals surface area contributed by atoms with Crippen LogP contribution in [0.15, 0.2) is 29.6 Å². The zero-order chi connectivity index (χ0) is 34.0. The van der Waals surface area contributed by atoms with Crippen LogP contribution in [0.2, 0.25) is 0 Å². The summed E-state index contributed by atoms with van der Waals surface area (Å²) in [5, 5.41) is 15.7. The number of carbonyl (C=O) groups is 1. The van der Waals surface area contributed by atoms with E-state index in [0.29, 0.717) is 29.6 Å². The van der Waals surface area contributed by atoms with Crippen LogP contribution in [0.3, 0.4) is 0 Å². The third-order valence-corrected chi connectivity index (χ3v) is 12.2. The number of hydrogen-bond acceptors (Lipinski definition) is 7. The minimum absolute atomic E-state index is 0.0298. The Labute approximate surface area is 284 Å². The molecular formula is C37H54F2N8O. The van der Waals surface area contributed by atoms with Gasteiger partial charge in [0.15, 0.2) is 0 Å². The molecule has 3 fully saturated rings. The number of likely N-dealkylation sites (tertiary alicyclic amines) is 2. The second-order valence-corrected chi connectivity index (χ2v) is 16.5. The fraction of sp³-hybridized carbons (Fsp3) is 0.703. The Kier molecular flexibility index (Phi) is 8.84. The van der Waals surface area contributed by atoms with E-state index in [-0.39, 0.29) is 34.3 Å². The van der Waals surface area contributed by atoms with Crippen molar-refractivity contribution >= 4 is 17.4 Å². The fourth-order valence-corrected chi connectivity index (χ4v) is 9.68. The Balaban J connectivity index is 1.16. The first-order valence-corrected chi connectivity index (χ1v) is 18.1. The lowest BCUT2D eigenvalue weighted by Crippen LogP contribution is -2.58. The molecule has 2 aromatic rings. The van der Waals surface area contributed by atoms with Gasteiger partial charge in [0.1, 0.15) is 5.84 Å². The number of benzene rings is 1. The van der Waals surface area contributed by atoms with Crippen molar-refractivity contribution in [2.24, 2.45) is 34.8 Å². The molecule has 1 N–H and O–H groups in total. The molecule has 0 radical (unpaired) electrons. The molecule has 3 saturated heterocycles. The van der Waals surface area contributed by atoms with Gasteiger partial charge in [0.05, 0.1) is 18.2 Å². The van der Waals surface area contributed by atoms with Crippen LogP contribution in [0.5, 0.6) is 0 Å². The number of carbonyl (C=O) groups excluding carboxylic acids is 1. The summed E-state index contributed by atoms with van der Waals surface area (Å²) in [6.45, 7) is 18.7. The molecule has 6 heterocycles. The van der Waals surface area contributed by atoms with E-state index in [1.54, 1.807) is 37.1 Å². The molecule has 11 heteroatoms. The highest BCUT2D eigenvalue weighted by molar-refractivity contribution is 6.02. The lowest BCUT2D eigenvalue weighted by atomic mass is 9.62. The number of fused-ring (bicyclic) bond motifs is 2. The largest absolute Gasteiger partial charge is 0.342 e. The summed E-state index contributed by atoms with van der Waals surface area (Å²) in [4.78, 5) is 19.4. The number of halogens is 2. The topological polar surface area (TPSA) is 72.2 Å². The van der Waals surface area contributed by atoms with Gasteiger partial charge in [0, 0.05) is 95.4 Å². The first-order valence-electron chi connectivity index (χ1n) is 18.1. The minimum Gasteiger partial charge on any atom is -0.342 e. The fourth-order valence-electron chi connectivity index (χ4n) is 9.68. The Bertz CT molecular complexity index is 1530. The number of rotatable bonds is 5. The highest BCUT2D eigenvalue weighted by atomic mass is 19.3. The second-order valence-electron chi connectivity index (χ2n) is 16.5. The maximum atomic E-state index is 14.6. The van der Waals surface area contributed by atoms with Crippen molar-refractivity contribution in [3.8, 4) is 11.1 Å². The molecule has 0 aliphatic carbocycles. The van der Waals surface area contributed by atoms with Crippen molar-refractivity contribution in [3.05, 3.63) is 35.7 Å². The van der Waals surface area contributed by atoms with Gasteiger partial charge >= 0.3 is 0 Å².